The molecule has 3 rings (SSSR count). The molecular formula is C13H10BNO8. The van der Waals surface area contributed by atoms with Crippen LogP contribution in [-0.4, -0.2) is 48.6 Å². The molecule has 0 bridgehead atoms. The minimum Gasteiger partial charge on any atom is -0.508 e. The Morgan fingerprint density at radius 1 is 0.609 bits per heavy atom. The number of pyridine rings is 1. The molecule has 8 N–H and O–H groups in total. The third-order valence-corrected chi connectivity index (χ3v) is 3.76. The number of benzene rings is 2. The second-order valence-electron chi connectivity index (χ2n) is 5.02. The standard InChI is InChI=1S/C13H10BNO8/c14-3-7(17)1-4(10(20)9(3)19)15-5-2(6(1)16)8(18)12(22)13(23)11(5)21/h17-23H,14H2,(H,15,16). The van der Waals surface area contributed by atoms with Crippen LogP contribution in [0, 0.1) is 0 Å². The number of phenols is 7. The second-order valence-corrected chi connectivity index (χ2v) is 5.02. The van der Waals surface area contributed by atoms with E-state index in [1.54, 1.807) is 0 Å². The van der Waals surface area contributed by atoms with E-state index in [1.165, 1.54) is 7.85 Å². The van der Waals surface area contributed by atoms with Crippen LogP contribution in [0.15, 0.2) is 4.79 Å². The third-order valence-electron chi connectivity index (χ3n) is 3.76. The SMILES string of the molecule is Bc1c(O)c(O)c2[nH]c3c(O)c(O)c(O)c(O)c3c(=O)c2c1O. The van der Waals surface area contributed by atoms with Gasteiger partial charge in [0.2, 0.25) is 16.9 Å². The van der Waals surface area contributed by atoms with Crippen LogP contribution in [0.3, 0.4) is 0 Å². The van der Waals surface area contributed by atoms with Gasteiger partial charge in [-0.2, -0.15) is 0 Å². The molecule has 1 heterocycles. The van der Waals surface area contributed by atoms with Crippen molar-refractivity contribution in [3.63, 3.8) is 0 Å². The summed E-state index contributed by atoms with van der Waals surface area (Å²) in [5.41, 5.74) is -2.12. The van der Waals surface area contributed by atoms with Gasteiger partial charge in [-0.3, -0.25) is 4.79 Å². The van der Waals surface area contributed by atoms with Crippen molar-refractivity contribution in [2.45, 2.75) is 0 Å². The van der Waals surface area contributed by atoms with Crippen LogP contribution in [0.5, 0.6) is 40.2 Å². The monoisotopic (exact) mass is 319 g/mol. The Hall–Kier alpha value is -3.43. The van der Waals surface area contributed by atoms with Gasteiger partial charge in [0.25, 0.3) is 0 Å². The second kappa shape index (κ2) is 4.29. The van der Waals surface area contributed by atoms with Gasteiger partial charge >= 0.3 is 0 Å². The molecule has 1 aromatic heterocycles. The van der Waals surface area contributed by atoms with Crippen molar-refractivity contribution >= 4 is 35.1 Å². The number of nitrogens with one attached hydrogen (secondary N) is 1. The van der Waals surface area contributed by atoms with Gasteiger partial charge in [-0.25, -0.2) is 0 Å². The molecule has 0 aliphatic carbocycles. The lowest BCUT2D eigenvalue weighted by Gasteiger charge is -2.13. The van der Waals surface area contributed by atoms with Gasteiger partial charge < -0.3 is 40.7 Å². The van der Waals surface area contributed by atoms with Gasteiger partial charge in [0.1, 0.15) is 24.6 Å². The molecule has 0 aliphatic rings. The molecule has 0 radical (unpaired) electrons. The van der Waals surface area contributed by atoms with Gasteiger partial charge in [-0.15, -0.1) is 0 Å². The quantitative estimate of drug-likeness (QED) is 0.111. The summed E-state index contributed by atoms with van der Waals surface area (Å²) in [6.45, 7) is 0. The van der Waals surface area contributed by atoms with Crippen molar-refractivity contribution < 1.29 is 35.7 Å². The van der Waals surface area contributed by atoms with Gasteiger partial charge in [0.05, 0.1) is 10.8 Å². The molecule has 9 nitrogen and oxygen atoms in total. The highest BCUT2D eigenvalue weighted by molar-refractivity contribution is 6.38. The molecule has 10 heteroatoms. The van der Waals surface area contributed by atoms with E-state index < -0.39 is 67.5 Å². The van der Waals surface area contributed by atoms with Crippen LogP contribution < -0.4 is 10.9 Å². The first-order chi connectivity index (χ1) is 10.7. The summed E-state index contributed by atoms with van der Waals surface area (Å²) in [5.74, 6) is -6.25. The first kappa shape index (κ1) is 14.5. The highest BCUT2D eigenvalue weighted by Crippen LogP contribution is 2.48. The largest absolute Gasteiger partial charge is 0.508 e. The fourth-order valence-electron chi connectivity index (χ4n) is 2.47. The zero-order valence-corrected chi connectivity index (χ0v) is 11.5. The van der Waals surface area contributed by atoms with Crippen LogP contribution in [0.1, 0.15) is 0 Å². The first-order valence-corrected chi connectivity index (χ1v) is 6.27. The van der Waals surface area contributed by atoms with Crippen LogP contribution in [0.25, 0.3) is 21.8 Å². The molecule has 0 saturated carbocycles. The number of aromatic nitrogens is 1. The lowest BCUT2D eigenvalue weighted by Crippen LogP contribution is -2.12. The Kier molecular flexibility index (Phi) is 2.71. The van der Waals surface area contributed by atoms with E-state index >= 15 is 0 Å². The van der Waals surface area contributed by atoms with Gasteiger partial charge in [-0.05, 0) is 5.46 Å². The van der Waals surface area contributed by atoms with Crippen molar-refractivity contribution in [2.24, 2.45) is 0 Å². The molecule has 0 spiro atoms. The summed E-state index contributed by atoms with van der Waals surface area (Å²) in [7, 11) is 1.25. The van der Waals surface area contributed by atoms with Crippen LogP contribution >= 0.6 is 0 Å². The zero-order valence-electron chi connectivity index (χ0n) is 11.5. The number of fused-ring (bicyclic) bond motifs is 2. The molecule has 0 fully saturated rings. The minimum absolute atomic E-state index is 0.174. The Balaban J connectivity index is 2.77. The lowest BCUT2D eigenvalue weighted by atomic mass is 9.90. The Morgan fingerprint density at radius 2 is 1.04 bits per heavy atom. The van der Waals surface area contributed by atoms with Gasteiger partial charge in [0, 0.05) is 0 Å². The maximum Gasteiger partial charge on any atom is 0.206 e. The van der Waals surface area contributed by atoms with Gasteiger partial charge in [0.15, 0.2) is 23.0 Å². The molecule has 0 saturated heterocycles. The van der Waals surface area contributed by atoms with Crippen LogP contribution in [-0.2, 0) is 0 Å². The molecule has 0 unspecified atom stereocenters. The predicted molar refractivity (Wildman–Crippen MR) is 81.9 cm³/mol. The maximum atomic E-state index is 12.5. The van der Waals surface area contributed by atoms with E-state index in [-0.39, 0.29) is 5.46 Å². The number of aromatic amines is 1. The average Bonchev–Trinajstić information content (AvgIpc) is 2.53. The Bertz CT molecular complexity index is 991. The molecule has 3 aromatic rings. The summed E-state index contributed by atoms with van der Waals surface area (Å²) >= 11 is 0. The Labute approximate surface area is 127 Å². The van der Waals surface area contributed by atoms with E-state index in [1.807, 2.05) is 0 Å². The number of H-pyrrole nitrogens is 1. The van der Waals surface area contributed by atoms with Crippen LogP contribution in [0.4, 0.5) is 0 Å². The molecule has 118 valence electrons. The summed E-state index contributed by atoms with van der Waals surface area (Å²) in [6, 6.07) is 0. The maximum absolute atomic E-state index is 12.5. The number of hydrogen-bond acceptors (Lipinski definition) is 8. The molecule has 2 aromatic carbocycles. The smallest absolute Gasteiger partial charge is 0.206 e. The fourth-order valence-corrected chi connectivity index (χ4v) is 2.47. The lowest BCUT2D eigenvalue weighted by molar-refractivity contribution is 0.350. The molecule has 0 amide bonds. The molecule has 0 aliphatic heterocycles. The Morgan fingerprint density at radius 3 is 1.61 bits per heavy atom. The third kappa shape index (κ3) is 1.59. The van der Waals surface area contributed by atoms with E-state index in [2.05, 4.69) is 4.98 Å². The van der Waals surface area contributed by atoms with E-state index in [0.717, 1.165) is 0 Å². The average molecular weight is 319 g/mol. The van der Waals surface area contributed by atoms with E-state index in [0.29, 0.717) is 0 Å². The van der Waals surface area contributed by atoms with Crippen molar-refractivity contribution in [1.82, 2.24) is 4.98 Å². The van der Waals surface area contributed by atoms with Gasteiger partial charge in [-0.1, -0.05) is 0 Å². The van der Waals surface area contributed by atoms with Crippen molar-refractivity contribution in [2.75, 3.05) is 0 Å². The number of aromatic hydroxyl groups is 7. The van der Waals surface area contributed by atoms with E-state index in [4.69, 9.17) is 0 Å². The highest BCUT2D eigenvalue weighted by Gasteiger charge is 2.25. The number of rotatable bonds is 0. The zero-order chi connectivity index (χ0) is 17.2. The summed E-state index contributed by atoms with van der Waals surface area (Å²) in [5, 5.41) is 67.4. The van der Waals surface area contributed by atoms with Crippen molar-refractivity contribution in [1.29, 1.82) is 0 Å². The fraction of sp³-hybridized carbons (Fsp3) is 0. The molecule has 23 heavy (non-hydrogen) atoms. The number of hydrogen-bond donors (Lipinski definition) is 8. The normalized spacial score (nSPS) is 11.3. The summed E-state index contributed by atoms with van der Waals surface area (Å²) in [4.78, 5) is 14.9. The van der Waals surface area contributed by atoms with E-state index in [9.17, 15) is 40.5 Å². The molecule has 0 atom stereocenters. The number of phenolic OH excluding ortho intramolecular Hbond substituents is 7. The summed E-state index contributed by atoms with van der Waals surface area (Å²) in [6.07, 6.45) is 0. The summed E-state index contributed by atoms with van der Waals surface area (Å²) < 4.78 is 0. The van der Waals surface area contributed by atoms with Crippen LogP contribution in [0.2, 0.25) is 0 Å². The highest BCUT2D eigenvalue weighted by atomic mass is 16.3. The first-order valence-electron chi connectivity index (χ1n) is 6.27. The van der Waals surface area contributed by atoms with Crippen molar-refractivity contribution in [3.05, 3.63) is 10.2 Å². The predicted octanol–water partition coefficient (Wildman–Crippen LogP) is -1.12. The molecular weight excluding hydrogens is 309 g/mol. The minimum atomic E-state index is -1.11. The topological polar surface area (TPSA) is 174 Å². The van der Waals surface area contributed by atoms with Crippen molar-refractivity contribution in [3.8, 4) is 40.2 Å².